The summed E-state index contributed by atoms with van der Waals surface area (Å²) in [6.07, 6.45) is 9.74. The minimum absolute atomic E-state index is 0.517. The Balaban J connectivity index is 1.75. The van der Waals surface area contributed by atoms with E-state index in [2.05, 4.69) is 10.3 Å². The summed E-state index contributed by atoms with van der Waals surface area (Å²) < 4.78 is 5.13. The number of rotatable bonds is 4. The second kappa shape index (κ2) is 5.46. The summed E-state index contributed by atoms with van der Waals surface area (Å²) in [5.74, 6) is 0.817. The number of aliphatic hydroxyl groups is 1. The summed E-state index contributed by atoms with van der Waals surface area (Å²) in [7, 11) is 0. The lowest BCUT2D eigenvalue weighted by Gasteiger charge is -2.26. The molecule has 1 aromatic heterocycles. The van der Waals surface area contributed by atoms with Gasteiger partial charge in [0.05, 0.1) is 18.3 Å². The molecular formula is C12H20N2O2. The van der Waals surface area contributed by atoms with Gasteiger partial charge in [-0.15, -0.1) is 0 Å². The molecule has 0 unspecified atom stereocenters. The Bertz CT molecular complexity index is 290. The average Bonchev–Trinajstić information content (AvgIpc) is 2.68. The van der Waals surface area contributed by atoms with Gasteiger partial charge < -0.3 is 14.8 Å². The summed E-state index contributed by atoms with van der Waals surface area (Å²) in [6.45, 7) is 1.29. The lowest BCUT2D eigenvalue weighted by Crippen LogP contribution is -2.39. The van der Waals surface area contributed by atoms with Gasteiger partial charge in [-0.1, -0.05) is 25.7 Å². The van der Waals surface area contributed by atoms with Crippen molar-refractivity contribution in [2.24, 2.45) is 0 Å². The number of hydrogen-bond donors (Lipinski definition) is 2. The van der Waals surface area contributed by atoms with Crippen LogP contribution < -0.4 is 5.32 Å². The molecule has 90 valence electrons. The summed E-state index contributed by atoms with van der Waals surface area (Å²) in [4.78, 5) is 3.85. The van der Waals surface area contributed by atoms with Crippen LogP contribution in [0.4, 0.5) is 0 Å². The van der Waals surface area contributed by atoms with E-state index >= 15 is 0 Å². The molecule has 1 fully saturated rings. The van der Waals surface area contributed by atoms with E-state index in [4.69, 9.17) is 4.42 Å². The summed E-state index contributed by atoms with van der Waals surface area (Å²) in [5.41, 5.74) is -0.517. The Morgan fingerprint density at radius 2 is 2.06 bits per heavy atom. The molecule has 0 bridgehead atoms. The van der Waals surface area contributed by atoms with E-state index in [0.29, 0.717) is 13.1 Å². The largest absolute Gasteiger partial charge is 0.447 e. The zero-order valence-electron chi connectivity index (χ0n) is 9.61. The molecule has 2 N–H and O–H groups in total. The van der Waals surface area contributed by atoms with Gasteiger partial charge in [0, 0.05) is 6.54 Å². The number of aromatic nitrogens is 1. The van der Waals surface area contributed by atoms with Crippen molar-refractivity contribution in [3.63, 3.8) is 0 Å². The Hall–Kier alpha value is -0.870. The fraction of sp³-hybridized carbons (Fsp3) is 0.750. The van der Waals surface area contributed by atoms with Crippen molar-refractivity contribution in [1.29, 1.82) is 0 Å². The molecule has 1 aliphatic carbocycles. The van der Waals surface area contributed by atoms with Crippen LogP contribution in [0.15, 0.2) is 17.0 Å². The normalized spacial score (nSPS) is 20.6. The van der Waals surface area contributed by atoms with E-state index in [1.807, 2.05) is 0 Å². The quantitative estimate of drug-likeness (QED) is 0.766. The lowest BCUT2D eigenvalue weighted by atomic mass is 9.94. The third-order valence-electron chi connectivity index (χ3n) is 3.27. The average molecular weight is 224 g/mol. The highest BCUT2D eigenvalue weighted by Gasteiger charge is 2.27. The summed E-state index contributed by atoms with van der Waals surface area (Å²) >= 11 is 0. The first kappa shape index (κ1) is 11.6. The highest BCUT2D eigenvalue weighted by Crippen LogP contribution is 2.26. The van der Waals surface area contributed by atoms with Crippen LogP contribution in [0.2, 0.25) is 0 Å². The van der Waals surface area contributed by atoms with E-state index in [1.54, 1.807) is 6.20 Å². The molecule has 0 radical (unpaired) electrons. The number of oxazole rings is 1. The number of nitrogens with zero attached hydrogens (tertiary/aromatic N) is 1. The van der Waals surface area contributed by atoms with Gasteiger partial charge in [-0.25, -0.2) is 4.98 Å². The van der Waals surface area contributed by atoms with Crippen molar-refractivity contribution in [3.8, 4) is 0 Å². The van der Waals surface area contributed by atoms with E-state index in [1.165, 1.54) is 19.2 Å². The van der Waals surface area contributed by atoms with E-state index < -0.39 is 5.60 Å². The first-order valence-electron chi connectivity index (χ1n) is 6.09. The van der Waals surface area contributed by atoms with E-state index in [-0.39, 0.29) is 0 Å². The van der Waals surface area contributed by atoms with Crippen molar-refractivity contribution in [2.45, 2.75) is 50.7 Å². The van der Waals surface area contributed by atoms with Crippen LogP contribution in [0.5, 0.6) is 0 Å². The monoisotopic (exact) mass is 224 g/mol. The first-order chi connectivity index (χ1) is 7.79. The molecule has 1 saturated carbocycles. The molecular weight excluding hydrogens is 204 g/mol. The van der Waals surface area contributed by atoms with Gasteiger partial charge in [0.1, 0.15) is 5.76 Å². The van der Waals surface area contributed by atoms with Crippen LogP contribution >= 0.6 is 0 Å². The Labute approximate surface area is 96.1 Å². The SMILES string of the molecule is OC1(CNCc2cnco2)CCCCCC1. The minimum atomic E-state index is -0.517. The first-order valence-corrected chi connectivity index (χ1v) is 6.09. The third-order valence-corrected chi connectivity index (χ3v) is 3.27. The van der Waals surface area contributed by atoms with Crippen molar-refractivity contribution >= 4 is 0 Å². The lowest BCUT2D eigenvalue weighted by molar-refractivity contribution is 0.0247. The zero-order chi connectivity index (χ0) is 11.3. The van der Waals surface area contributed by atoms with Gasteiger partial charge in [-0.3, -0.25) is 0 Å². The summed E-state index contributed by atoms with van der Waals surface area (Å²) in [5, 5.41) is 13.6. The molecule has 1 heterocycles. The van der Waals surface area contributed by atoms with E-state index in [0.717, 1.165) is 31.4 Å². The van der Waals surface area contributed by atoms with Gasteiger partial charge in [0.25, 0.3) is 0 Å². The standard InChI is InChI=1S/C12H20N2O2/c15-12(5-3-1-2-4-6-12)9-13-7-11-8-14-10-16-11/h8,10,13,15H,1-7,9H2. The van der Waals surface area contributed by atoms with Crippen molar-refractivity contribution in [2.75, 3.05) is 6.54 Å². The smallest absolute Gasteiger partial charge is 0.180 e. The van der Waals surface area contributed by atoms with Gasteiger partial charge in [0.2, 0.25) is 0 Å². The molecule has 0 aromatic carbocycles. The number of nitrogens with one attached hydrogen (secondary N) is 1. The maximum Gasteiger partial charge on any atom is 0.180 e. The van der Waals surface area contributed by atoms with E-state index in [9.17, 15) is 5.11 Å². The predicted octanol–water partition coefficient (Wildman–Crippen LogP) is 1.85. The molecule has 4 nitrogen and oxygen atoms in total. The van der Waals surface area contributed by atoms with Gasteiger partial charge in [-0.2, -0.15) is 0 Å². The molecule has 0 spiro atoms. The van der Waals surface area contributed by atoms with Crippen molar-refractivity contribution in [1.82, 2.24) is 10.3 Å². The highest BCUT2D eigenvalue weighted by molar-refractivity contribution is 4.89. The van der Waals surface area contributed by atoms with Crippen LogP contribution in [-0.2, 0) is 6.54 Å². The zero-order valence-corrected chi connectivity index (χ0v) is 9.61. The minimum Gasteiger partial charge on any atom is -0.447 e. The van der Waals surface area contributed by atoms with Crippen LogP contribution in [0.25, 0.3) is 0 Å². The molecule has 2 rings (SSSR count). The maximum atomic E-state index is 10.4. The Kier molecular flexibility index (Phi) is 3.96. The molecule has 4 heteroatoms. The molecule has 1 aliphatic rings. The molecule has 1 aromatic rings. The van der Waals surface area contributed by atoms with Crippen LogP contribution in [0, 0.1) is 0 Å². The van der Waals surface area contributed by atoms with Crippen molar-refractivity contribution < 1.29 is 9.52 Å². The fourth-order valence-corrected chi connectivity index (χ4v) is 2.31. The third kappa shape index (κ3) is 3.32. The Morgan fingerprint density at radius 3 is 2.69 bits per heavy atom. The molecule has 0 amide bonds. The molecule has 16 heavy (non-hydrogen) atoms. The highest BCUT2D eigenvalue weighted by atomic mass is 16.3. The second-order valence-corrected chi connectivity index (χ2v) is 4.71. The van der Waals surface area contributed by atoms with Gasteiger partial charge >= 0.3 is 0 Å². The van der Waals surface area contributed by atoms with Crippen LogP contribution in [0.1, 0.15) is 44.3 Å². The van der Waals surface area contributed by atoms with Crippen LogP contribution in [-0.4, -0.2) is 22.2 Å². The second-order valence-electron chi connectivity index (χ2n) is 4.71. The molecule has 0 atom stereocenters. The number of hydrogen-bond acceptors (Lipinski definition) is 4. The topological polar surface area (TPSA) is 58.3 Å². The van der Waals surface area contributed by atoms with Gasteiger partial charge in [0.15, 0.2) is 6.39 Å². The van der Waals surface area contributed by atoms with Gasteiger partial charge in [-0.05, 0) is 12.8 Å². The van der Waals surface area contributed by atoms with Crippen molar-refractivity contribution in [3.05, 3.63) is 18.4 Å². The fourth-order valence-electron chi connectivity index (χ4n) is 2.31. The Morgan fingerprint density at radius 1 is 1.31 bits per heavy atom. The molecule has 0 saturated heterocycles. The molecule has 0 aliphatic heterocycles. The summed E-state index contributed by atoms with van der Waals surface area (Å²) in [6, 6.07) is 0. The van der Waals surface area contributed by atoms with Crippen LogP contribution in [0.3, 0.4) is 0 Å². The maximum absolute atomic E-state index is 10.4. The predicted molar refractivity (Wildman–Crippen MR) is 60.9 cm³/mol.